The van der Waals surface area contributed by atoms with Crippen LogP contribution in [0.4, 0.5) is 0 Å². The SMILES string of the molecule is CCOC1CCCN(CC(=O)c2ccc(O)c(O)c2)C1. The lowest BCUT2D eigenvalue weighted by atomic mass is 10.1. The minimum absolute atomic E-state index is 0.0579. The van der Waals surface area contributed by atoms with Crippen molar-refractivity contribution in [3.05, 3.63) is 23.8 Å². The maximum Gasteiger partial charge on any atom is 0.176 e. The Labute approximate surface area is 118 Å². The van der Waals surface area contributed by atoms with Crippen LogP contribution in [0.3, 0.4) is 0 Å². The standard InChI is InChI=1S/C15H21NO4/c1-2-20-12-4-3-7-16(9-12)10-15(19)11-5-6-13(17)14(18)8-11/h5-6,8,12,17-18H,2-4,7,9-10H2,1H3. The predicted molar refractivity (Wildman–Crippen MR) is 75.2 cm³/mol. The quantitative estimate of drug-likeness (QED) is 0.635. The van der Waals surface area contributed by atoms with Crippen molar-refractivity contribution in [3.63, 3.8) is 0 Å². The number of phenolic OH excluding ortho intramolecular Hbond substituents is 2. The summed E-state index contributed by atoms with van der Waals surface area (Å²) in [7, 11) is 0. The van der Waals surface area contributed by atoms with Crippen LogP contribution in [0.15, 0.2) is 18.2 Å². The predicted octanol–water partition coefficient (Wildman–Crippen LogP) is 1.78. The van der Waals surface area contributed by atoms with Gasteiger partial charge in [0.25, 0.3) is 0 Å². The van der Waals surface area contributed by atoms with E-state index in [1.54, 1.807) is 0 Å². The van der Waals surface area contributed by atoms with E-state index < -0.39 is 0 Å². The zero-order valence-corrected chi connectivity index (χ0v) is 11.7. The Kier molecular flexibility index (Phi) is 4.98. The molecule has 0 aliphatic carbocycles. The molecule has 0 saturated carbocycles. The van der Waals surface area contributed by atoms with E-state index in [1.165, 1.54) is 18.2 Å². The van der Waals surface area contributed by atoms with Crippen molar-refractivity contribution in [1.82, 2.24) is 4.90 Å². The van der Waals surface area contributed by atoms with Gasteiger partial charge < -0.3 is 14.9 Å². The average Bonchev–Trinajstić information content (AvgIpc) is 2.42. The highest BCUT2D eigenvalue weighted by Gasteiger charge is 2.22. The Morgan fingerprint density at radius 2 is 2.20 bits per heavy atom. The number of phenols is 2. The topological polar surface area (TPSA) is 70.0 Å². The number of nitrogens with zero attached hydrogens (tertiary/aromatic N) is 1. The summed E-state index contributed by atoms with van der Waals surface area (Å²) >= 11 is 0. The number of aromatic hydroxyl groups is 2. The number of ketones is 1. The monoisotopic (exact) mass is 279 g/mol. The van der Waals surface area contributed by atoms with Gasteiger partial charge in [-0.05, 0) is 44.5 Å². The number of hydrogen-bond acceptors (Lipinski definition) is 5. The summed E-state index contributed by atoms with van der Waals surface area (Å²) in [5, 5.41) is 18.7. The number of piperidine rings is 1. The van der Waals surface area contributed by atoms with E-state index in [9.17, 15) is 15.0 Å². The first-order valence-electron chi connectivity index (χ1n) is 6.99. The Balaban J connectivity index is 1.95. The van der Waals surface area contributed by atoms with Crippen LogP contribution in [0.25, 0.3) is 0 Å². The first-order chi connectivity index (χ1) is 9.60. The highest BCUT2D eigenvalue weighted by molar-refractivity contribution is 5.98. The highest BCUT2D eigenvalue weighted by atomic mass is 16.5. The lowest BCUT2D eigenvalue weighted by molar-refractivity contribution is 0.00718. The minimum Gasteiger partial charge on any atom is -0.504 e. The van der Waals surface area contributed by atoms with E-state index >= 15 is 0 Å². The van der Waals surface area contributed by atoms with Gasteiger partial charge in [-0.2, -0.15) is 0 Å². The summed E-state index contributed by atoms with van der Waals surface area (Å²) < 4.78 is 5.61. The molecule has 1 aliphatic rings. The number of carbonyl (C=O) groups is 1. The zero-order valence-electron chi connectivity index (χ0n) is 11.7. The molecule has 1 fully saturated rings. The molecule has 1 aromatic rings. The molecule has 1 aromatic carbocycles. The summed E-state index contributed by atoms with van der Waals surface area (Å²) in [5.41, 5.74) is 0.416. The Morgan fingerprint density at radius 1 is 1.40 bits per heavy atom. The van der Waals surface area contributed by atoms with Crippen LogP contribution >= 0.6 is 0 Å². The molecule has 2 rings (SSSR count). The van der Waals surface area contributed by atoms with Crippen LogP contribution in [0, 0.1) is 0 Å². The molecular weight excluding hydrogens is 258 g/mol. The molecule has 0 amide bonds. The lowest BCUT2D eigenvalue weighted by Crippen LogP contribution is -2.42. The molecule has 1 saturated heterocycles. The fourth-order valence-corrected chi connectivity index (χ4v) is 2.52. The lowest BCUT2D eigenvalue weighted by Gasteiger charge is -2.31. The minimum atomic E-state index is -0.262. The van der Waals surface area contributed by atoms with E-state index in [-0.39, 0.29) is 23.4 Å². The van der Waals surface area contributed by atoms with Crippen LogP contribution in [-0.2, 0) is 4.74 Å². The van der Waals surface area contributed by atoms with E-state index in [1.807, 2.05) is 6.92 Å². The van der Waals surface area contributed by atoms with Crippen molar-refractivity contribution < 1.29 is 19.7 Å². The normalized spacial score (nSPS) is 19.9. The van der Waals surface area contributed by atoms with Crippen LogP contribution < -0.4 is 0 Å². The summed E-state index contributed by atoms with van der Waals surface area (Å²) in [5.74, 6) is -0.532. The molecule has 5 nitrogen and oxygen atoms in total. The second kappa shape index (κ2) is 6.72. The molecule has 0 radical (unpaired) electrons. The zero-order chi connectivity index (χ0) is 14.5. The maximum atomic E-state index is 12.2. The second-order valence-corrected chi connectivity index (χ2v) is 5.08. The molecule has 2 N–H and O–H groups in total. The Hall–Kier alpha value is -1.59. The summed E-state index contributed by atoms with van der Waals surface area (Å²) in [6, 6.07) is 4.17. The third-order valence-electron chi connectivity index (χ3n) is 3.53. The van der Waals surface area contributed by atoms with Gasteiger partial charge in [-0.15, -0.1) is 0 Å². The van der Waals surface area contributed by atoms with E-state index in [2.05, 4.69) is 4.90 Å². The molecule has 5 heteroatoms. The summed E-state index contributed by atoms with van der Waals surface area (Å²) in [6.07, 6.45) is 2.27. The molecule has 110 valence electrons. The molecule has 1 atom stereocenters. The number of carbonyl (C=O) groups excluding carboxylic acids is 1. The number of benzene rings is 1. The van der Waals surface area contributed by atoms with Crippen molar-refractivity contribution in [1.29, 1.82) is 0 Å². The molecule has 1 unspecified atom stereocenters. The smallest absolute Gasteiger partial charge is 0.176 e. The van der Waals surface area contributed by atoms with E-state index in [0.29, 0.717) is 18.7 Å². The largest absolute Gasteiger partial charge is 0.504 e. The number of rotatable bonds is 5. The summed E-state index contributed by atoms with van der Waals surface area (Å²) in [4.78, 5) is 14.2. The highest BCUT2D eigenvalue weighted by Crippen LogP contribution is 2.25. The molecule has 1 heterocycles. The van der Waals surface area contributed by atoms with Crippen molar-refractivity contribution in [3.8, 4) is 11.5 Å². The third kappa shape index (κ3) is 3.71. The van der Waals surface area contributed by atoms with Gasteiger partial charge in [-0.3, -0.25) is 9.69 Å². The van der Waals surface area contributed by atoms with Crippen molar-refractivity contribution in [2.45, 2.75) is 25.9 Å². The maximum absolute atomic E-state index is 12.2. The van der Waals surface area contributed by atoms with Crippen LogP contribution in [0.2, 0.25) is 0 Å². The van der Waals surface area contributed by atoms with Gasteiger partial charge in [0.15, 0.2) is 17.3 Å². The van der Waals surface area contributed by atoms with Gasteiger partial charge in [0.05, 0.1) is 12.6 Å². The van der Waals surface area contributed by atoms with Crippen LogP contribution in [0.5, 0.6) is 11.5 Å². The Bertz CT molecular complexity index is 473. The number of hydrogen-bond donors (Lipinski definition) is 2. The van der Waals surface area contributed by atoms with E-state index in [0.717, 1.165) is 25.9 Å². The van der Waals surface area contributed by atoms with E-state index in [4.69, 9.17) is 4.74 Å². The first kappa shape index (κ1) is 14.8. The fraction of sp³-hybridized carbons (Fsp3) is 0.533. The molecule has 1 aliphatic heterocycles. The number of Topliss-reactive ketones (excluding diaryl/α,β-unsaturated/α-hetero) is 1. The molecule has 0 aromatic heterocycles. The number of likely N-dealkylation sites (tertiary alicyclic amines) is 1. The van der Waals surface area contributed by atoms with Gasteiger partial charge in [0.1, 0.15) is 0 Å². The van der Waals surface area contributed by atoms with Gasteiger partial charge in [0, 0.05) is 18.7 Å². The van der Waals surface area contributed by atoms with Crippen molar-refractivity contribution in [2.75, 3.05) is 26.2 Å². The average molecular weight is 279 g/mol. The van der Waals surface area contributed by atoms with Crippen molar-refractivity contribution >= 4 is 5.78 Å². The number of ether oxygens (including phenoxy) is 1. The summed E-state index contributed by atoms with van der Waals surface area (Å²) in [6.45, 7) is 4.64. The van der Waals surface area contributed by atoms with Crippen LogP contribution in [-0.4, -0.2) is 53.2 Å². The fourth-order valence-electron chi connectivity index (χ4n) is 2.52. The van der Waals surface area contributed by atoms with Gasteiger partial charge in [-0.1, -0.05) is 0 Å². The van der Waals surface area contributed by atoms with Gasteiger partial charge in [0.2, 0.25) is 0 Å². The van der Waals surface area contributed by atoms with Gasteiger partial charge >= 0.3 is 0 Å². The van der Waals surface area contributed by atoms with Crippen LogP contribution in [0.1, 0.15) is 30.1 Å². The van der Waals surface area contributed by atoms with Gasteiger partial charge in [-0.25, -0.2) is 0 Å². The Morgan fingerprint density at radius 3 is 2.90 bits per heavy atom. The molecule has 20 heavy (non-hydrogen) atoms. The van der Waals surface area contributed by atoms with Crippen molar-refractivity contribution in [2.24, 2.45) is 0 Å². The molecular formula is C15H21NO4. The first-order valence-corrected chi connectivity index (χ1v) is 6.99. The second-order valence-electron chi connectivity index (χ2n) is 5.08. The third-order valence-corrected chi connectivity index (χ3v) is 3.53. The molecule has 0 spiro atoms. The molecule has 0 bridgehead atoms.